The second kappa shape index (κ2) is 10.8. The van der Waals surface area contributed by atoms with Gasteiger partial charge in [-0.3, -0.25) is 0 Å². The Kier molecular flexibility index (Phi) is 7.84. The van der Waals surface area contributed by atoms with Crippen LogP contribution in [-0.4, -0.2) is 12.6 Å². The molecule has 0 aliphatic heterocycles. The van der Waals surface area contributed by atoms with Crippen molar-refractivity contribution in [2.24, 2.45) is 11.8 Å². The first-order chi connectivity index (χ1) is 14.6. The van der Waals surface area contributed by atoms with Gasteiger partial charge >= 0.3 is 5.97 Å². The zero-order chi connectivity index (χ0) is 21.3. The minimum atomic E-state index is -0.718. The van der Waals surface area contributed by atoms with Gasteiger partial charge in [0.1, 0.15) is 23.4 Å². The molecule has 0 bridgehead atoms. The van der Waals surface area contributed by atoms with Crippen LogP contribution in [0.15, 0.2) is 42.5 Å². The smallest absolute Gasteiger partial charge is 0.343 e. The van der Waals surface area contributed by atoms with Gasteiger partial charge in [0, 0.05) is 6.07 Å². The fraction of sp³-hybridized carbons (Fsp3) is 0.440. The summed E-state index contributed by atoms with van der Waals surface area (Å²) in [7, 11) is 0. The molecule has 0 spiro atoms. The van der Waals surface area contributed by atoms with Gasteiger partial charge < -0.3 is 9.47 Å². The Balaban J connectivity index is 1.41. The highest BCUT2D eigenvalue weighted by Gasteiger charge is 2.19. The number of rotatable bonds is 8. The molecule has 0 atom stereocenters. The van der Waals surface area contributed by atoms with E-state index in [0.717, 1.165) is 24.3 Å². The van der Waals surface area contributed by atoms with Crippen LogP contribution in [0.1, 0.15) is 67.8 Å². The number of esters is 1. The molecule has 0 heterocycles. The summed E-state index contributed by atoms with van der Waals surface area (Å²) in [5.74, 6) is 1.23. The summed E-state index contributed by atoms with van der Waals surface area (Å²) in [6.07, 6.45) is 8.99. The van der Waals surface area contributed by atoms with E-state index in [4.69, 9.17) is 14.7 Å². The lowest BCUT2D eigenvalue weighted by atomic mass is 9.79. The minimum absolute atomic E-state index is 0.0600. The predicted octanol–water partition coefficient (Wildman–Crippen LogP) is 6.29. The Labute approximate surface area is 177 Å². The molecule has 0 unspecified atom stereocenters. The van der Waals surface area contributed by atoms with Crippen LogP contribution >= 0.6 is 0 Å². The van der Waals surface area contributed by atoms with Gasteiger partial charge in [-0.2, -0.15) is 5.26 Å². The summed E-state index contributed by atoms with van der Waals surface area (Å²) in [6.45, 7) is 2.96. The van der Waals surface area contributed by atoms with E-state index < -0.39 is 11.8 Å². The summed E-state index contributed by atoms with van der Waals surface area (Å²) < 4.78 is 24.6. The molecule has 158 valence electrons. The Hall–Kier alpha value is -2.87. The van der Waals surface area contributed by atoms with Crippen molar-refractivity contribution in [2.75, 3.05) is 6.61 Å². The predicted molar refractivity (Wildman–Crippen MR) is 113 cm³/mol. The highest BCUT2D eigenvalue weighted by atomic mass is 19.1. The van der Waals surface area contributed by atoms with Gasteiger partial charge in [0.05, 0.1) is 17.7 Å². The number of hydrogen-bond acceptors (Lipinski definition) is 4. The molecule has 0 amide bonds. The zero-order valence-corrected chi connectivity index (χ0v) is 17.4. The Morgan fingerprint density at radius 3 is 2.37 bits per heavy atom. The topological polar surface area (TPSA) is 59.3 Å². The lowest BCUT2D eigenvalue weighted by Gasteiger charge is -2.27. The van der Waals surface area contributed by atoms with Crippen LogP contribution in [0.2, 0.25) is 0 Å². The van der Waals surface area contributed by atoms with Crippen LogP contribution in [0.25, 0.3) is 0 Å². The molecule has 4 nitrogen and oxygen atoms in total. The van der Waals surface area contributed by atoms with Crippen molar-refractivity contribution in [3.63, 3.8) is 0 Å². The lowest BCUT2D eigenvalue weighted by molar-refractivity contribution is 0.0734. The second-order valence-corrected chi connectivity index (χ2v) is 7.95. The number of ether oxygens (including phenoxy) is 2. The van der Waals surface area contributed by atoms with Crippen molar-refractivity contribution < 1.29 is 18.7 Å². The fourth-order valence-corrected chi connectivity index (χ4v) is 3.99. The monoisotopic (exact) mass is 409 g/mol. The fourth-order valence-electron chi connectivity index (χ4n) is 3.99. The van der Waals surface area contributed by atoms with E-state index in [0.29, 0.717) is 17.9 Å². The summed E-state index contributed by atoms with van der Waals surface area (Å²) in [5, 5.41) is 8.75. The number of nitriles is 1. The van der Waals surface area contributed by atoms with E-state index in [1.54, 1.807) is 30.3 Å². The maximum absolute atomic E-state index is 13.6. The van der Waals surface area contributed by atoms with Gasteiger partial charge in [-0.05, 0) is 61.1 Å². The molecule has 1 aliphatic rings. The van der Waals surface area contributed by atoms with E-state index >= 15 is 0 Å². The van der Waals surface area contributed by atoms with Crippen molar-refractivity contribution in [1.82, 2.24) is 0 Å². The quantitative estimate of drug-likeness (QED) is 0.292. The van der Waals surface area contributed by atoms with Gasteiger partial charge in [-0.25, -0.2) is 9.18 Å². The summed E-state index contributed by atoms with van der Waals surface area (Å²) >= 11 is 0. The Morgan fingerprint density at radius 2 is 1.73 bits per heavy atom. The molecule has 0 radical (unpaired) electrons. The van der Waals surface area contributed by atoms with Crippen molar-refractivity contribution in [1.29, 1.82) is 5.26 Å². The Bertz CT molecular complexity index is 880. The molecule has 0 saturated heterocycles. The number of halogens is 1. The largest absolute Gasteiger partial charge is 0.494 e. The van der Waals surface area contributed by atoms with Crippen molar-refractivity contribution >= 4 is 5.97 Å². The van der Waals surface area contributed by atoms with Crippen LogP contribution in [0.5, 0.6) is 11.5 Å². The molecule has 1 aliphatic carbocycles. The standard InChI is InChI=1S/C25H28FNO3/c1-2-18-5-7-19(8-6-18)4-3-15-29-22-12-9-20(10-13-22)25(28)30-23-14-11-21(17-27)24(26)16-23/h9-14,16,18-19H,2-8,15H2,1H3. The Morgan fingerprint density at radius 1 is 1.07 bits per heavy atom. The number of carbonyl (C=O) groups is 1. The van der Waals surface area contributed by atoms with Gasteiger partial charge in [-0.1, -0.05) is 39.0 Å². The molecule has 30 heavy (non-hydrogen) atoms. The maximum Gasteiger partial charge on any atom is 0.343 e. The van der Waals surface area contributed by atoms with Gasteiger partial charge in [-0.15, -0.1) is 0 Å². The highest BCUT2D eigenvalue weighted by Crippen LogP contribution is 2.33. The van der Waals surface area contributed by atoms with E-state index in [1.807, 2.05) is 0 Å². The van der Waals surface area contributed by atoms with Gasteiger partial charge in [0.15, 0.2) is 0 Å². The normalized spacial score (nSPS) is 18.4. The van der Waals surface area contributed by atoms with Crippen molar-refractivity contribution in [3.8, 4) is 17.6 Å². The van der Waals surface area contributed by atoms with Crippen LogP contribution in [0.4, 0.5) is 4.39 Å². The molecular formula is C25H28FNO3. The molecule has 0 N–H and O–H groups in total. The molecule has 2 aromatic rings. The first-order valence-corrected chi connectivity index (χ1v) is 10.7. The average Bonchev–Trinajstić information content (AvgIpc) is 2.77. The maximum atomic E-state index is 13.6. The highest BCUT2D eigenvalue weighted by molar-refractivity contribution is 5.91. The summed E-state index contributed by atoms with van der Waals surface area (Å²) in [5.41, 5.74) is 0.254. The third-order valence-electron chi connectivity index (χ3n) is 5.93. The first-order valence-electron chi connectivity index (χ1n) is 10.7. The molecule has 3 rings (SSSR count). The van der Waals surface area contributed by atoms with Gasteiger partial charge in [0.2, 0.25) is 0 Å². The van der Waals surface area contributed by atoms with Crippen molar-refractivity contribution in [3.05, 3.63) is 59.4 Å². The van der Waals surface area contributed by atoms with Crippen LogP contribution in [0, 0.1) is 29.0 Å². The molecule has 2 aromatic carbocycles. The number of nitrogens with zero attached hydrogens (tertiary/aromatic N) is 1. The molecular weight excluding hydrogens is 381 g/mol. The van der Waals surface area contributed by atoms with E-state index in [-0.39, 0.29) is 11.3 Å². The molecule has 5 heteroatoms. The zero-order valence-electron chi connectivity index (χ0n) is 17.4. The third-order valence-corrected chi connectivity index (χ3v) is 5.93. The van der Waals surface area contributed by atoms with Crippen LogP contribution in [-0.2, 0) is 0 Å². The minimum Gasteiger partial charge on any atom is -0.494 e. The number of hydrogen-bond donors (Lipinski definition) is 0. The summed E-state index contributed by atoms with van der Waals surface area (Å²) in [6, 6.07) is 12.2. The van der Waals surface area contributed by atoms with E-state index in [9.17, 15) is 9.18 Å². The lowest BCUT2D eigenvalue weighted by Crippen LogP contribution is -2.14. The van der Waals surface area contributed by atoms with E-state index in [2.05, 4.69) is 6.92 Å². The van der Waals surface area contributed by atoms with Crippen LogP contribution < -0.4 is 9.47 Å². The first kappa shape index (κ1) is 21.8. The van der Waals surface area contributed by atoms with Crippen molar-refractivity contribution in [2.45, 2.75) is 51.9 Å². The molecule has 1 saturated carbocycles. The second-order valence-electron chi connectivity index (χ2n) is 7.95. The van der Waals surface area contributed by atoms with E-state index in [1.165, 1.54) is 50.7 Å². The third kappa shape index (κ3) is 6.06. The van der Waals surface area contributed by atoms with Crippen LogP contribution in [0.3, 0.4) is 0 Å². The van der Waals surface area contributed by atoms with Gasteiger partial charge in [0.25, 0.3) is 0 Å². The number of benzene rings is 2. The average molecular weight is 410 g/mol. The SMILES string of the molecule is CCC1CCC(CCCOc2ccc(C(=O)Oc3ccc(C#N)c(F)c3)cc2)CC1. The molecule has 1 fully saturated rings. The number of carbonyl (C=O) groups excluding carboxylic acids is 1. The summed E-state index contributed by atoms with van der Waals surface area (Å²) in [4.78, 5) is 12.2. The molecule has 0 aromatic heterocycles.